The van der Waals surface area contributed by atoms with Crippen molar-refractivity contribution in [2.75, 3.05) is 7.11 Å². The van der Waals surface area contributed by atoms with Crippen molar-refractivity contribution >= 4 is 23.7 Å². The Kier molecular flexibility index (Phi) is 5.90. The third-order valence-electron chi connectivity index (χ3n) is 3.04. The molecule has 0 unspecified atom stereocenters. The number of phenols is 1. The minimum Gasteiger partial charge on any atom is -0.503 e. The number of hydrogen-bond acceptors (Lipinski definition) is 7. The van der Waals surface area contributed by atoms with Gasteiger partial charge in [0.25, 0.3) is 5.56 Å². The summed E-state index contributed by atoms with van der Waals surface area (Å²) in [5, 5.41) is 19.1. The Morgan fingerprint density at radius 2 is 2.24 bits per heavy atom. The molecule has 0 saturated carbocycles. The Hall–Kier alpha value is -3.14. The molecule has 2 aromatic rings. The fourth-order valence-electron chi connectivity index (χ4n) is 1.83. The van der Waals surface area contributed by atoms with Gasteiger partial charge in [-0.05, 0) is 17.7 Å². The third kappa shape index (κ3) is 4.91. The lowest BCUT2D eigenvalue weighted by Gasteiger charge is -2.06. The molecular formula is C14H14ClN5O5. The van der Waals surface area contributed by atoms with Gasteiger partial charge in [-0.15, -0.1) is 0 Å². The van der Waals surface area contributed by atoms with Crippen LogP contribution in [0.5, 0.6) is 11.5 Å². The normalized spacial score (nSPS) is 10.8. The Bertz CT molecular complexity index is 921. The number of aromatic amines is 2. The number of rotatable bonds is 6. The van der Waals surface area contributed by atoms with E-state index < -0.39 is 17.2 Å². The van der Waals surface area contributed by atoms with Gasteiger partial charge in [0.15, 0.2) is 11.5 Å². The second kappa shape index (κ2) is 8.11. The molecule has 0 fully saturated rings. The summed E-state index contributed by atoms with van der Waals surface area (Å²) in [5.41, 5.74) is 1.45. The first-order valence-electron chi connectivity index (χ1n) is 6.97. The molecule has 0 radical (unpaired) electrons. The maximum Gasteiger partial charge on any atom is 0.342 e. The summed E-state index contributed by atoms with van der Waals surface area (Å²) in [7, 11) is 1.38. The molecule has 4 N–H and O–H groups in total. The summed E-state index contributed by atoms with van der Waals surface area (Å²) < 4.78 is 4.95. The first kappa shape index (κ1) is 18.2. The topological polar surface area (TPSA) is 150 Å². The fourth-order valence-corrected chi connectivity index (χ4v) is 2.05. The number of hydrazone groups is 1. The summed E-state index contributed by atoms with van der Waals surface area (Å²) in [5.74, 6) is -0.479. The van der Waals surface area contributed by atoms with E-state index in [1.807, 2.05) is 4.98 Å². The quantitative estimate of drug-likeness (QED) is 0.414. The number of aromatic nitrogens is 3. The molecule has 25 heavy (non-hydrogen) atoms. The monoisotopic (exact) mass is 367 g/mol. The van der Waals surface area contributed by atoms with Crippen molar-refractivity contribution in [3.8, 4) is 11.5 Å². The molecule has 0 aliphatic carbocycles. The Morgan fingerprint density at radius 1 is 1.48 bits per heavy atom. The van der Waals surface area contributed by atoms with Crippen LogP contribution in [-0.2, 0) is 11.2 Å². The van der Waals surface area contributed by atoms with E-state index in [2.05, 4.69) is 20.7 Å². The van der Waals surface area contributed by atoms with Crippen LogP contribution < -0.4 is 21.4 Å². The average molecular weight is 368 g/mol. The Balaban J connectivity index is 1.93. The molecule has 132 valence electrons. The van der Waals surface area contributed by atoms with Gasteiger partial charge >= 0.3 is 5.69 Å². The fraction of sp³-hybridized carbons (Fsp3) is 0.214. The number of halogens is 1. The van der Waals surface area contributed by atoms with E-state index in [4.69, 9.17) is 16.3 Å². The van der Waals surface area contributed by atoms with E-state index in [1.165, 1.54) is 25.5 Å². The number of hydrogen-bond donors (Lipinski definition) is 4. The van der Waals surface area contributed by atoms with Gasteiger partial charge < -0.3 is 9.84 Å². The van der Waals surface area contributed by atoms with E-state index >= 15 is 0 Å². The molecule has 0 saturated heterocycles. The first-order chi connectivity index (χ1) is 11.9. The number of nitrogens with one attached hydrogen (secondary N) is 3. The second-order valence-electron chi connectivity index (χ2n) is 4.80. The van der Waals surface area contributed by atoms with E-state index in [9.17, 15) is 19.5 Å². The molecule has 0 spiro atoms. The highest BCUT2D eigenvalue weighted by Crippen LogP contribution is 2.34. The average Bonchev–Trinajstić information content (AvgIpc) is 2.57. The summed E-state index contributed by atoms with van der Waals surface area (Å²) in [6.45, 7) is 0. The van der Waals surface area contributed by atoms with Crippen LogP contribution in [0.15, 0.2) is 26.8 Å². The number of methoxy groups -OCH3 is 1. The highest BCUT2D eigenvalue weighted by atomic mass is 35.5. The number of nitrogens with zero attached hydrogens (tertiary/aromatic N) is 2. The van der Waals surface area contributed by atoms with E-state index in [0.29, 0.717) is 5.56 Å². The number of phenolic OH excluding ortho intramolecular Hbond substituents is 1. The number of amides is 1. The van der Waals surface area contributed by atoms with Crippen LogP contribution >= 0.6 is 11.6 Å². The Labute approximate surface area is 145 Å². The van der Waals surface area contributed by atoms with Gasteiger partial charge in [0.2, 0.25) is 5.91 Å². The third-order valence-corrected chi connectivity index (χ3v) is 3.33. The lowest BCUT2D eigenvalue weighted by atomic mass is 10.2. The molecule has 2 rings (SSSR count). The first-order valence-corrected chi connectivity index (χ1v) is 7.34. The molecule has 1 amide bonds. The molecule has 1 aromatic heterocycles. The van der Waals surface area contributed by atoms with Crippen molar-refractivity contribution in [3.05, 3.63) is 49.3 Å². The number of carbonyl (C=O) groups is 1. The van der Waals surface area contributed by atoms with Crippen LogP contribution in [0, 0.1) is 0 Å². The molecule has 11 heteroatoms. The SMILES string of the molecule is COc1cc(/C=N/NC(=O)CCc2n[nH]c(=O)[nH]c2=O)cc(Cl)c1O. The van der Waals surface area contributed by atoms with Crippen LogP contribution in [0.25, 0.3) is 0 Å². The standard InChI is InChI=1S/C14H14ClN5O5/c1-25-10-5-7(4-8(15)12(10)22)6-16-19-11(21)3-2-9-13(23)17-14(24)20-18-9/h4-6,22H,2-3H2,1H3,(H,19,21)(H2,17,20,23,24)/b16-6+. The smallest absolute Gasteiger partial charge is 0.342 e. The van der Waals surface area contributed by atoms with Gasteiger partial charge in [-0.1, -0.05) is 11.6 Å². The van der Waals surface area contributed by atoms with Gasteiger partial charge in [0, 0.05) is 12.8 Å². The predicted molar refractivity (Wildman–Crippen MR) is 89.2 cm³/mol. The van der Waals surface area contributed by atoms with Crippen LogP contribution in [0.4, 0.5) is 0 Å². The van der Waals surface area contributed by atoms with Gasteiger partial charge in [0.05, 0.1) is 18.3 Å². The summed E-state index contributed by atoms with van der Waals surface area (Å²) in [6, 6.07) is 2.93. The van der Waals surface area contributed by atoms with Crippen molar-refractivity contribution in [1.82, 2.24) is 20.6 Å². The van der Waals surface area contributed by atoms with Gasteiger partial charge in [-0.3, -0.25) is 14.6 Å². The van der Waals surface area contributed by atoms with Crippen LogP contribution in [-0.4, -0.2) is 39.5 Å². The molecule has 10 nitrogen and oxygen atoms in total. The van der Waals surface area contributed by atoms with Gasteiger partial charge in [-0.25, -0.2) is 15.3 Å². The predicted octanol–water partition coefficient (Wildman–Crippen LogP) is -0.0913. The summed E-state index contributed by atoms with van der Waals surface area (Å²) in [6.07, 6.45) is 1.29. The lowest BCUT2D eigenvalue weighted by molar-refractivity contribution is -0.121. The lowest BCUT2D eigenvalue weighted by Crippen LogP contribution is -2.28. The number of benzene rings is 1. The van der Waals surface area contributed by atoms with Crippen LogP contribution in [0.1, 0.15) is 17.7 Å². The van der Waals surface area contributed by atoms with Crippen molar-refractivity contribution in [3.63, 3.8) is 0 Å². The molecule has 0 aliphatic heterocycles. The second-order valence-corrected chi connectivity index (χ2v) is 5.21. The Morgan fingerprint density at radius 3 is 2.92 bits per heavy atom. The number of ether oxygens (including phenoxy) is 1. The van der Waals surface area contributed by atoms with E-state index in [-0.39, 0.29) is 35.1 Å². The number of carbonyl (C=O) groups excluding carboxylic acids is 1. The van der Waals surface area contributed by atoms with E-state index in [1.54, 1.807) is 0 Å². The molecule has 0 aliphatic rings. The number of aromatic hydroxyl groups is 1. The molecule has 1 heterocycles. The molecule has 1 aromatic carbocycles. The zero-order chi connectivity index (χ0) is 18.4. The van der Waals surface area contributed by atoms with Crippen LogP contribution in [0.2, 0.25) is 5.02 Å². The number of H-pyrrole nitrogens is 2. The molecule has 0 bridgehead atoms. The van der Waals surface area contributed by atoms with Crippen molar-refractivity contribution in [2.24, 2.45) is 5.10 Å². The zero-order valence-electron chi connectivity index (χ0n) is 13.0. The minimum atomic E-state index is -0.717. The van der Waals surface area contributed by atoms with Gasteiger partial charge in [-0.2, -0.15) is 10.2 Å². The van der Waals surface area contributed by atoms with Crippen molar-refractivity contribution in [2.45, 2.75) is 12.8 Å². The maximum atomic E-state index is 11.7. The highest BCUT2D eigenvalue weighted by molar-refractivity contribution is 6.32. The van der Waals surface area contributed by atoms with Crippen molar-refractivity contribution < 1.29 is 14.6 Å². The summed E-state index contributed by atoms with van der Waals surface area (Å²) in [4.78, 5) is 36.0. The van der Waals surface area contributed by atoms with Crippen LogP contribution in [0.3, 0.4) is 0 Å². The van der Waals surface area contributed by atoms with Gasteiger partial charge in [0.1, 0.15) is 5.69 Å². The maximum absolute atomic E-state index is 11.7. The van der Waals surface area contributed by atoms with Crippen molar-refractivity contribution in [1.29, 1.82) is 0 Å². The largest absolute Gasteiger partial charge is 0.503 e. The van der Waals surface area contributed by atoms with E-state index in [0.717, 1.165) is 0 Å². The summed E-state index contributed by atoms with van der Waals surface area (Å²) >= 11 is 5.84. The molecular weight excluding hydrogens is 354 g/mol. The highest BCUT2D eigenvalue weighted by Gasteiger charge is 2.08. The number of aryl methyl sites for hydroxylation is 1. The molecule has 0 atom stereocenters. The minimum absolute atomic E-state index is 0.0341. The zero-order valence-corrected chi connectivity index (χ0v) is 13.8.